The van der Waals surface area contributed by atoms with Gasteiger partial charge >= 0.3 is 6.03 Å². The minimum Gasteiger partial charge on any atom is -0.464 e. The van der Waals surface area contributed by atoms with Crippen LogP contribution < -0.4 is 5.32 Å². The van der Waals surface area contributed by atoms with Crippen LogP contribution in [0.25, 0.3) is 0 Å². The second kappa shape index (κ2) is 6.58. The molecule has 25 heavy (non-hydrogen) atoms. The van der Waals surface area contributed by atoms with Crippen LogP contribution in [-0.2, 0) is 20.0 Å². The molecule has 6 nitrogen and oxygen atoms in total. The Bertz CT molecular complexity index is 746. The highest BCUT2D eigenvalue weighted by molar-refractivity contribution is 5.74. The maximum atomic E-state index is 12.6. The molecule has 0 radical (unpaired) electrons. The van der Waals surface area contributed by atoms with Crippen LogP contribution in [0, 0.1) is 5.92 Å². The Labute approximate surface area is 148 Å². The fourth-order valence-electron chi connectivity index (χ4n) is 3.33. The molecule has 0 spiro atoms. The van der Waals surface area contributed by atoms with E-state index in [1.54, 1.807) is 4.68 Å². The standard InChI is InChI=1S/C19H26N4O2/c1-13-9-17(13)18-6-5-16(25-18)12-23(15-3-4-15)19(24)20-8-7-14-10-21-22(2)11-14/h5-6,10-11,13,15,17H,3-4,7-9,12H2,1-2H3,(H,20,24)/t13-,17-/m1/s1. The number of amides is 2. The van der Waals surface area contributed by atoms with Crippen LogP contribution in [0.4, 0.5) is 4.79 Å². The summed E-state index contributed by atoms with van der Waals surface area (Å²) in [7, 11) is 1.90. The quantitative estimate of drug-likeness (QED) is 0.841. The van der Waals surface area contributed by atoms with E-state index < -0.39 is 0 Å². The van der Waals surface area contributed by atoms with Gasteiger partial charge in [-0.05, 0) is 49.3 Å². The SMILES string of the molecule is C[C@@H]1C[C@H]1c1ccc(CN(C(=O)NCCc2cnn(C)c2)C2CC2)o1. The summed E-state index contributed by atoms with van der Waals surface area (Å²) < 4.78 is 7.76. The molecule has 2 aromatic rings. The van der Waals surface area contributed by atoms with Gasteiger partial charge in [0.2, 0.25) is 0 Å². The third-order valence-electron chi connectivity index (χ3n) is 5.18. The number of rotatable bonds is 7. The molecule has 2 saturated carbocycles. The number of carbonyl (C=O) groups is 1. The molecular formula is C19H26N4O2. The van der Waals surface area contributed by atoms with Gasteiger partial charge in [-0.2, -0.15) is 5.10 Å². The molecule has 0 unspecified atom stereocenters. The number of aryl methyl sites for hydroxylation is 1. The molecule has 2 fully saturated rings. The smallest absolute Gasteiger partial charge is 0.318 e. The summed E-state index contributed by atoms with van der Waals surface area (Å²) in [5, 5.41) is 7.19. The largest absolute Gasteiger partial charge is 0.464 e. The van der Waals surface area contributed by atoms with Crippen LogP contribution in [0.1, 0.15) is 49.2 Å². The van der Waals surface area contributed by atoms with E-state index in [1.165, 1.54) is 6.42 Å². The molecule has 2 aliphatic rings. The monoisotopic (exact) mass is 342 g/mol. The zero-order valence-electron chi connectivity index (χ0n) is 14.9. The minimum atomic E-state index is 0.00382. The lowest BCUT2D eigenvalue weighted by atomic mass is 10.2. The molecule has 0 aromatic carbocycles. The lowest BCUT2D eigenvalue weighted by Crippen LogP contribution is -2.41. The first kappa shape index (κ1) is 16.2. The molecule has 2 aromatic heterocycles. The first-order valence-corrected chi connectivity index (χ1v) is 9.21. The number of carbonyl (C=O) groups excluding carboxylic acids is 1. The number of urea groups is 1. The Kier molecular flexibility index (Phi) is 4.27. The highest BCUT2D eigenvalue weighted by Gasteiger charge is 2.37. The summed E-state index contributed by atoms with van der Waals surface area (Å²) in [6.45, 7) is 3.43. The summed E-state index contributed by atoms with van der Waals surface area (Å²) >= 11 is 0. The average molecular weight is 342 g/mol. The number of nitrogens with one attached hydrogen (secondary N) is 1. The number of aromatic nitrogens is 2. The normalized spacial score (nSPS) is 22.0. The molecule has 4 rings (SSSR count). The molecule has 0 bridgehead atoms. The lowest BCUT2D eigenvalue weighted by Gasteiger charge is -2.21. The first-order valence-electron chi connectivity index (χ1n) is 9.21. The van der Waals surface area contributed by atoms with Crippen LogP contribution in [0.5, 0.6) is 0 Å². The van der Waals surface area contributed by atoms with Crippen molar-refractivity contribution in [1.82, 2.24) is 20.0 Å². The Balaban J connectivity index is 1.31. The van der Waals surface area contributed by atoms with Crippen LogP contribution in [0.2, 0.25) is 0 Å². The Morgan fingerprint density at radius 1 is 1.44 bits per heavy atom. The highest BCUT2D eigenvalue weighted by Crippen LogP contribution is 2.47. The zero-order chi connectivity index (χ0) is 17.4. The predicted molar refractivity (Wildman–Crippen MR) is 94.1 cm³/mol. The summed E-state index contributed by atoms with van der Waals surface area (Å²) in [4.78, 5) is 14.5. The van der Waals surface area contributed by atoms with Gasteiger partial charge in [0.1, 0.15) is 11.5 Å². The van der Waals surface area contributed by atoms with Crippen molar-refractivity contribution in [2.75, 3.05) is 6.54 Å². The van der Waals surface area contributed by atoms with Crippen molar-refractivity contribution in [3.8, 4) is 0 Å². The summed E-state index contributed by atoms with van der Waals surface area (Å²) in [6, 6.07) is 4.46. The summed E-state index contributed by atoms with van der Waals surface area (Å²) in [6.07, 6.45) is 8.01. The van der Waals surface area contributed by atoms with E-state index in [4.69, 9.17) is 4.42 Å². The van der Waals surface area contributed by atoms with Gasteiger partial charge in [-0.25, -0.2) is 4.79 Å². The van der Waals surface area contributed by atoms with E-state index in [0.717, 1.165) is 42.3 Å². The van der Waals surface area contributed by atoms with Gasteiger partial charge in [-0.3, -0.25) is 4.68 Å². The lowest BCUT2D eigenvalue weighted by molar-refractivity contribution is 0.186. The molecule has 0 aliphatic heterocycles. The molecule has 1 N–H and O–H groups in total. The Morgan fingerprint density at radius 2 is 2.24 bits per heavy atom. The molecule has 2 heterocycles. The maximum Gasteiger partial charge on any atom is 0.318 e. The molecule has 2 atom stereocenters. The second-order valence-corrected chi connectivity index (χ2v) is 7.49. The van der Waals surface area contributed by atoms with Crippen molar-refractivity contribution in [3.63, 3.8) is 0 Å². The summed E-state index contributed by atoms with van der Waals surface area (Å²) in [5.41, 5.74) is 1.13. The predicted octanol–water partition coefficient (Wildman–Crippen LogP) is 3.05. The number of hydrogen-bond acceptors (Lipinski definition) is 3. The van der Waals surface area contributed by atoms with E-state index in [1.807, 2.05) is 30.4 Å². The third-order valence-corrected chi connectivity index (χ3v) is 5.18. The van der Waals surface area contributed by atoms with E-state index >= 15 is 0 Å². The molecular weight excluding hydrogens is 316 g/mol. The van der Waals surface area contributed by atoms with Crippen LogP contribution in [0.3, 0.4) is 0 Å². The molecule has 6 heteroatoms. The molecule has 2 amide bonds. The van der Waals surface area contributed by atoms with E-state index in [0.29, 0.717) is 25.0 Å². The van der Waals surface area contributed by atoms with Crippen LogP contribution in [0.15, 0.2) is 28.9 Å². The van der Waals surface area contributed by atoms with E-state index in [2.05, 4.69) is 23.4 Å². The number of hydrogen-bond donors (Lipinski definition) is 1. The molecule has 2 aliphatic carbocycles. The van der Waals surface area contributed by atoms with E-state index in [9.17, 15) is 4.79 Å². The average Bonchev–Trinajstić information content (AvgIpc) is 3.47. The topological polar surface area (TPSA) is 63.3 Å². The van der Waals surface area contributed by atoms with Gasteiger partial charge in [-0.1, -0.05) is 6.92 Å². The van der Waals surface area contributed by atoms with Crippen molar-refractivity contribution >= 4 is 6.03 Å². The van der Waals surface area contributed by atoms with Crippen molar-refractivity contribution < 1.29 is 9.21 Å². The fourth-order valence-corrected chi connectivity index (χ4v) is 3.33. The fraction of sp³-hybridized carbons (Fsp3) is 0.579. The minimum absolute atomic E-state index is 0.00382. The molecule has 134 valence electrons. The van der Waals surface area contributed by atoms with Gasteiger partial charge in [0, 0.05) is 31.7 Å². The highest BCUT2D eigenvalue weighted by atomic mass is 16.3. The van der Waals surface area contributed by atoms with Crippen LogP contribution in [-0.4, -0.2) is 33.3 Å². The van der Waals surface area contributed by atoms with Crippen molar-refractivity contribution in [3.05, 3.63) is 41.6 Å². The van der Waals surface area contributed by atoms with Gasteiger partial charge in [0.25, 0.3) is 0 Å². The zero-order valence-corrected chi connectivity index (χ0v) is 14.9. The number of nitrogens with zero attached hydrogens (tertiary/aromatic N) is 3. The maximum absolute atomic E-state index is 12.6. The first-order chi connectivity index (χ1) is 12.1. The van der Waals surface area contributed by atoms with Crippen molar-refractivity contribution in [2.24, 2.45) is 13.0 Å². The third kappa shape index (κ3) is 3.89. The second-order valence-electron chi connectivity index (χ2n) is 7.49. The number of furan rings is 1. The van der Waals surface area contributed by atoms with E-state index in [-0.39, 0.29) is 6.03 Å². The van der Waals surface area contributed by atoms with Gasteiger partial charge in [0.15, 0.2) is 0 Å². The van der Waals surface area contributed by atoms with Crippen molar-refractivity contribution in [2.45, 2.75) is 51.1 Å². The van der Waals surface area contributed by atoms with Gasteiger partial charge in [0.05, 0.1) is 12.7 Å². The van der Waals surface area contributed by atoms with Crippen LogP contribution >= 0.6 is 0 Å². The Morgan fingerprint density at radius 3 is 2.88 bits per heavy atom. The van der Waals surface area contributed by atoms with Gasteiger partial charge < -0.3 is 14.6 Å². The molecule has 0 saturated heterocycles. The Hall–Kier alpha value is -2.24. The van der Waals surface area contributed by atoms with Gasteiger partial charge in [-0.15, -0.1) is 0 Å². The summed E-state index contributed by atoms with van der Waals surface area (Å²) in [5.74, 6) is 3.28. The van der Waals surface area contributed by atoms with Crippen molar-refractivity contribution in [1.29, 1.82) is 0 Å².